The zero-order chi connectivity index (χ0) is 17.8. The minimum Gasteiger partial charge on any atom is -0.348 e. The molecule has 0 aliphatic rings. The Morgan fingerprint density at radius 1 is 0.769 bits per heavy atom. The lowest BCUT2D eigenvalue weighted by molar-refractivity contribution is 0.0951. The van der Waals surface area contributed by atoms with Gasteiger partial charge in [-0.15, -0.1) is 0 Å². The second-order valence-electron chi connectivity index (χ2n) is 5.94. The fraction of sp³-hybridized carbons (Fsp3) is 0.0455. The Hall–Kier alpha value is -2.69. The van der Waals surface area contributed by atoms with Crippen LogP contribution < -0.4 is 5.32 Å². The van der Waals surface area contributed by atoms with Gasteiger partial charge in [0.25, 0.3) is 5.91 Å². The average Bonchev–Trinajstić information content (AvgIpc) is 3.40. The maximum atomic E-state index is 12.5. The summed E-state index contributed by atoms with van der Waals surface area (Å²) < 4.78 is 0. The lowest BCUT2D eigenvalue weighted by Crippen LogP contribution is -2.23. The van der Waals surface area contributed by atoms with Gasteiger partial charge in [-0.25, -0.2) is 0 Å². The van der Waals surface area contributed by atoms with Crippen molar-refractivity contribution in [1.82, 2.24) is 5.32 Å². The molecule has 0 spiro atoms. The second kappa shape index (κ2) is 7.68. The van der Waals surface area contributed by atoms with Gasteiger partial charge < -0.3 is 5.32 Å². The van der Waals surface area contributed by atoms with Gasteiger partial charge in [-0.05, 0) is 73.6 Å². The van der Waals surface area contributed by atoms with E-state index in [1.165, 1.54) is 16.7 Å². The van der Waals surface area contributed by atoms with E-state index < -0.39 is 0 Å². The van der Waals surface area contributed by atoms with Crippen molar-refractivity contribution in [2.24, 2.45) is 0 Å². The Balaban J connectivity index is 1.46. The van der Waals surface area contributed by atoms with Gasteiger partial charge in [0.2, 0.25) is 0 Å². The van der Waals surface area contributed by atoms with E-state index in [1.54, 1.807) is 22.7 Å². The van der Waals surface area contributed by atoms with Gasteiger partial charge in [0.1, 0.15) is 0 Å². The van der Waals surface area contributed by atoms with Gasteiger partial charge in [-0.3, -0.25) is 4.79 Å². The molecule has 0 saturated carbocycles. The normalized spacial score (nSPS) is 10.6. The molecule has 0 unspecified atom stereocenters. The highest BCUT2D eigenvalue weighted by atomic mass is 32.1. The number of thiophene rings is 2. The third kappa shape index (κ3) is 3.62. The van der Waals surface area contributed by atoms with Crippen molar-refractivity contribution in [3.8, 4) is 22.3 Å². The maximum absolute atomic E-state index is 12.5. The number of carbonyl (C=O) groups excluding carboxylic acids is 1. The molecule has 0 fully saturated rings. The summed E-state index contributed by atoms with van der Waals surface area (Å²) in [7, 11) is 0. The molecule has 4 heteroatoms. The highest BCUT2D eigenvalue weighted by molar-refractivity contribution is 7.08. The smallest absolute Gasteiger partial charge is 0.251 e. The zero-order valence-electron chi connectivity index (χ0n) is 14.0. The van der Waals surface area contributed by atoms with E-state index in [0.29, 0.717) is 12.1 Å². The van der Waals surface area contributed by atoms with Crippen molar-refractivity contribution in [2.75, 3.05) is 0 Å². The monoisotopic (exact) mass is 375 g/mol. The third-order valence-electron chi connectivity index (χ3n) is 4.29. The van der Waals surface area contributed by atoms with Crippen LogP contribution in [0.4, 0.5) is 0 Å². The minimum atomic E-state index is -0.0537. The Morgan fingerprint density at radius 2 is 1.46 bits per heavy atom. The predicted octanol–water partition coefficient (Wildman–Crippen LogP) is 6.07. The molecule has 0 saturated heterocycles. The van der Waals surface area contributed by atoms with Crippen LogP contribution in [0.2, 0.25) is 0 Å². The molecule has 0 aliphatic heterocycles. The molecule has 2 aromatic carbocycles. The summed E-state index contributed by atoms with van der Waals surface area (Å²) in [6.07, 6.45) is 0. The molecule has 2 aromatic heterocycles. The lowest BCUT2D eigenvalue weighted by atomic mass is 10.0. The fourth-order valence-electron chi connectivity index (χ4n) is 2.89. The number of amides is 1. The van der Waals surface area contributed by atoms with Crippen molar-refractivity contribution in [2.45, 2.75) is 6.54 Å². The molecular formula is C22H17NOS2. The molecule has 0 bridgehead atoms. The van der Waals surface area contributed by atoms with Gasteiger partial charge in [-0.1, -0.05) is 36.4 Å². The first-order chi connectivity index (χ1) is 12.8. The van der Waals surface area contributed by atoms with Crippen molar-refractivity contribution >= 4 is 28.6 Å². The van der Waals surface area contributed by atoms with Crippen LogP contribution in [-0.2, 0) is 6.54 Å². The van der Waals surface area contributed by atoms with Crippen LogP contribution in [0.5, 0.6) is 0 Å². The van der Waals surface area contributed by atoms with Crippen LogP contribution in [0.1, 0.15) is 15.9 Å². The van der Waals surface area contributed by atoms with Crippen LogP contribution in [0.25, 0.3) is 22.3 Å². The zero-order valence-corrected chi connectivity index (χ0v) is 15.6. The largest absolute Gasteiger partial charge is 0.348 e. The lowest BCUT2D eigenvalue weighted by Gasteiger charge is -2.10. The molecular weight excluding hydrogens is 358 g/mol. The number of nitrogens with one attached hydrogen (secondary N) is 1. The molecule has 4 aromatic rings. The molecule has 1 amide bonds. The number of benzene rings is 2. The topological polar surface area (TPSA) is 29.1 Å². The van der Waals surface area contributed by atoms with E-state index in [4.69, 9.17) is 0 Å². The van der Waals surface area contributed by atoms with E-state index in [9.17, 15) is 4.79 Å². The summed E-state index contributed by atoms with van der Waals surface area (Å²) in [6.45, 7) is 0.511. The van der Waals surface area contributed by atoms with E-state index in [2.05, 4.69) is 51.1 Å². The van der Waals surface area contributed by atoms with E-state index in [-0.39, 0.29) is 5.91 Å². The maximum Gasteiger partial charge on any atom is 0.251 e. The summed E-state index contributed by atoms with van der Waals surface area (Å²) in [5.41, 5.74) is 6.48. The average molecular weight is 376 g/mol. The van der Waals surface area contributed by atoms with Crippen molar-refractivity contribution in [3.63, 3.8) is 0 Å². The summed E-state index contributed by atoms with van der Waals surface area (Å²) >= 11 is 3.35. The summed E-state index contributed by atoms with van der Waals surface area (Å²) in [4.78, 5) is 12.5. The number of hydrogen-bond donors (Lipinski definition) is 1. The van der Waals surface area contributed by atoms with Gasteiger partial charge in [0.05, 0.1) is 0 Å². The van der Waals surface area contributed by atoms with Gasteiger partial charge in [0.15, 0.2) is 0 Å². The molecule has 128 valence electrons. The third-order valence-corrected chi connectivity index (χ3v) is 5.66. The van der Waals surface area contributed by atoms with Crippen LogP contribution >= 0.6 is 22.7 Å². The van der Waals surface area contributed by atoms with Crippen molar-refractivity contribution in [1.29, 1.82) is 0 Å². The van der Waals surface area contributed by atoms with Gasteiger partial charge in [0, 0.05) is 12.1 Å². The molecule has 0 atom stereocenters. The van der Waals surface area contributed by atoms with Crippen molar-refractivity contribution in [3.05, 3.63) is 93.3 Å². The minimum absolute atomic E-state index is 0.0537. The first-order valence-electron chi connectivity index (χ1n) is 8.32. The Bertz CT molecular complexity index is 987. The molecule has 0 radical (unpaired) electrons. The molecule has 0 aliphatic carbocycles. The summed E-state index contributed by atoms with van der Waals surface area (Å²) in [5.74, 6) is -0.0537. The highest BCUT2D eigenvalue weighted by Crippen LogP contribution is 2.26. The molecule has 26 heavy (non-hydrogen) atoms. The SMILES string of the molecule is O=C(NCc1ccccc1-c1ccsc1)c1ccc(-c2ccsc2)cc1. The first kappa shape index (κ1) is 16.8. The number of rotatable bonds is 5. The molecule has 2 nitrogen and oxygen atoms in total. The molecule has 1 N–H and O–H groups in total. The standard InChI is InChI=1S/C22H17NOS2/c24-22(17-7-5-16(6-8-17)19-9-11-25-14-19)23-13-18-3-1-2-4-21(18)20-10-12-26-15-20/h1-12,14-15H,13H2,(H,23,24). The first-order valence-corrected chi connectivity index (χ1v) is 10.2. The van der Waals surface area contributed by atoms with Crippen LogP contribution in [-0.4, -0.2) is 5.91 Å². The van der Waals surface area contributed by atoms with Crippen LogP contribution in [0.3, 0.4) is 0 Å². The van der Waals surface area contributed by atoms with Crippen LogP contribution in [0, 0.1) is 0 Å². The Kier molecular flexibility index (Phi) is 4.95. The van der Waals surface area contributed by atoms with E-state index in [0.717, 1.165) is 11.1 Å². The highest BCUT2D eigenvalue weighted by Gasteiger charge is 2.09. The Labute approximate surface area is 160 Å². The quantitative estimate of drug-likeness (QED) is 0.450. The predicted molar refractivity (Wildman–Crippen MR) is 111 cm³/mol. The van der Waals surface area contributed by atoms with E-state index >= 15 is 0 Å². The Morgan fingerprint density at radius 3 is 2.15 bits per heavy atom. The number of hydrogen-bond acceptors (Lipinski definition) is 3. The molecule has 2 heterocycles. The van der Waals surface area contributed by atoms with Crippen molar-refractivity contribution < 1.29 is 4.79 Å². The second-order valence-corrected chi connectivity index (χ2v) is 7.50. The van der Waals surface area contributed by atoms with E-state index in [1.807, 2.05) is 36.4 Å². The van der Waals surface area contributed by atoms with Gasteiger partial charge in [-0.2, -0.15) is 22.7 Å². The summed E-state index contributed by atoms with van der Waals surface area (Å²) in [5, 5.41) is 11.4. The fourth-order valence-corrected chi connectivity index (χ4v) is 4.22. The van der Waals surface area contributed by atoms with Gasteiger partial charge >= 0.3 is 0 Å². The number of carbonyl (C=O) groups is 1. The van der Waals surface area contributed by atoms with Crippen LogP contribution in [0.15, 0.2) is 82.2 Å². The summed E-state index contributed by atoms with van der Waals surface area (Å²) in [6, 6.07) is 20.1. The molecule has 4 rings (SSSR count).